The lowest BCUT2D eigenvalue weighted by atomic mass is 10.2. The van der Waals surface area contributed by atoms with Crippen molar-refractivity contribution in [3.8, 4) is 0 Å². The minimum absolute atomic E-state index is 0.0980. The summed E-state index contributed by atoms with van der Waals surface area (Å²) in [6.45, 7) is -0.889. The predicted molar refractivity (Wildman–Crippen MR) is 102 cm³/mol. The van der Waals surface area contributed by atoms with Crippen molar-refractivity contribution >= 4 is 56.2 Å². The van der Waals surface area contributed by atoms with Crippen LogP contribution in [-0.2, 0) is 24.3 Å². The van der Waals surface area contributed by atoms with Crippen molar-refractivity contribution in [2.45, 2.75) is 10.6 Å². The second kappa shape index (κ2) is 9.59. The van der Waals surface area contributed by atoms with E-state index in [2.05, 4.69) is 10.0 Å². The van der Waals surface area contributed by atoms with Gasteiger partial charge in [-0.05, 0) is 23.6 Å². The SMILES string of the molecule is O=C(COC(=O)CCNS(=O)(=O)c1cccs1)Nc1ccc(Cl)cc1[N+](=O)[O-]. The number of ether oxygens (including phenoxy) is 1. The first-order valence-electron chi connectivity index (χ1n) is 7.61. The Bertz CT molecular complexity index is 978. The summed E-state index contributed by atoms with van der Waals surface area (Å²) < 4.78 is 30.8. The standard InChI is InChI=1S/C15H14ClN3O7S2/c16-10-3-4-11(12(8-10)19(22)23)18-13(20)9-26-14(21)5-6-17-28(24,25)15-2-1-7-27-15/h1-4,7-8,17H,5-6,9H2,(H,18,20). The summed E-state index contributed by atoms with van der Waals surface area (Å²) in [6.07, 6.45) is -0.293. The molecule has 1 aromatic carbocycles. The molecule has 0 bridgehead atoms. The monoisotopic (exact) mass is 447 g/mol. The van der Waals surface area contributed by atoms with E-state index in [4.69, 9.17) is 16.3 Å². The van der Waals surface area contributed by atoms with Gasteiger partial charge in [0.25, 0.3) is 11.6 Å². The topological polar surface area (TPSA) is 145 Å². The molecule has 1 aromatic heterocycles. The Kier molecular flexibility index (Phi) is 7.45. The first-order chi connectivity index (χ1) is 13.2. The molecule has 2 N–H and O–H groups in total. The fraction of sp³-hybridized carbons (Fsp3) is 0.200. The van der Waals surface area contributed by atoms with E-state index in [-0.39, 0.29) is 27.9 Å². The molecule has 13 heteroatoms. The van der Waals surface area contributed by atoms with Crippen LogP contribution in [0.5, 0.6) is 0 Å². The maximum absolute atomic E-state index is 11.9. The number of esters is 1. The highest BCUT2D eigenvalue weighted by Gasteiger charge is 2.18. The molecule has 0 fully saturated rings. The van der Waals surface area contributed by atoms with Crippen LogP contribution in [0.1, 0.15) is 6.42 Å². The quantitative estimate of drug-likeness (QED) is 0.340. The van der Waals surface area contributed by atoms with E-state index < -0.39 is 39.1 Å². The van der Waals surface area contributed by atoms with Crippen molar-refractivity contribution in [2.75, 3.05) is 18.5 Å². The predicted octanol–water partition coefficient (Wildman–Crippen LogP) is 2.16. The molecule has 0 aliphatic carbocycles. The third-order valence-electron chi connectivity index (χ3n) is 3.18. The Balaban J connectivity index is 1.79. The third kappa shape index (κ3) is 6.27. The van der Waals surface area contributed by atoms with Gasteiger partial charge in [-0.2, -0.15) is 0 Å². The fourth-order valence-corrected chi connectivity index (χ4v) is 4.18. The minimum atomic E-state index is -3.69. The van der Waals surface area contributed by atoms with Crippen LogP contribution in [0.3, 0.4) is 0 Å². The van der Waals surface area contributed by atoms with E-state index in [1.165, 1.54) is 18.2 Å². The molecule has 0 aliphatic rings. The molecule has 0 saturated carbocycles. The zero-order valence-electron chi connectivity index (χ0n) is 14.1. The first-order valence-corrected chi connectivity index (χ1v) is 10.4. The number of thiophene rings is 1. The summed E-state index contributed by atoms with van der Waals surface area (Å²) in [5, 5.41) is 14.9. The lowest BCUT2D eigenvalue weighted by Gasteiger charge is -2.08. The number of anilines is 1. The largest absolute Gasteiger partial charge is 0.456 e. The van der Waals surface area contributed by atoms with Crippen molar-refractivity contribution in [1.82, 2.24) is 4.72 Å². The van der Waals surface area contributed by atoms with Gasteiger partial charge >= 0.3 is 5.97 Å². The number of nitrogens with zero attached hydrogens (tertiary/aromatic N) is 1. The average molecular weight is 448 g/mol. The molecule has 0 radical (unpaired) electrons. The number of rotatable bonds is 9. The molecule has 0 spiro atoms. The molecule has 28 heavy (non-hydrogen) atoms. The first kappa shape index (κ1) is 21.8. The van der Waals surface area contributed by atoms with Crippen LogP contribution in [0.2, 0.25) is 5.02 Å². The molecule has 1 heterocycles. The Morgan fingerprint density at radius 2 is 2.04 bits per heavy atom. The summed E-state index contributed by atoms with van der Waals surface area (Å²) in [6, 6.07) is 6.68. The third-order valence-corrected chi connectivity index (χ3v) is 6.27. The average Bonchev–Trinajstić information content (AvgIpc) is 3.17. The van der Waals surface area contributed by atoms with Crippen LogP contribution >= 0.6 is 22.9 Å². The van der Waals surface area contributed by atoms with E-state index in [0.29, 0.717) is 0 Å². The van der Waals surface area contributed by atoms with Crippen LogP contribution in [0.15, 0.2) is 39.9 Å². The van der Waals surface area contributed by atoms with Gasteiger partial charge < -0.3 is 10.1 Å². The molecule has 0 atom stereocenters. The number of nitrogens with one attached hydrogen (secondary N) is 2. The maximum Gasteiger partial charge on any atom is 0.307 e. The van der Waals surface area contributed by atoms with E-state index in [1.807, 2.05) is 0 Å². The van der Waals surface area contributed by atoms with Gasteiger partial charge in [-0.25, -0.2) is 13.1 Å². The Labute approximate surface area is 168 Å². The summed E-state index contributed by atoms with van der Waals surface area (Å²) in [5.41, 5.74) is -0.505. The highest BCUT2D eigenvalue weighted by atomic mass is 35.5. The van der Waals surface area contributed by atoms with Crippen LogP contribution < -0.4 is 10.0 Å². The molecular weight excluding hydrogens is 434 g/mol. The van der Waals surface area contributed by atoms with Gasteiger partial charge in [-0.1, -0.05) is 17.7 Å². The molecule has 10 nitrogen and oxygen atoms in total. The summed E-state index contributed by atoms with van der Waals surface area (Å²) >= 11 is 6.71. The van der Waals surface area contributed by atoms with Gasteiger partial charge in [0.1, 0.15) is 9.90 Å². The van der Waals surface area contributed by atoms with Crippen molar-refractivity contribution < 1.29 is 27.7 Å². The number of nitro benzene ring substituents is 1. The van der Waals surface area contributed by atoms with E-state index in [0.717, 1.165) is 17.4 Å². The smallest absolute Gasteiger partial charge is 0.307 e. The van der Waals surface area contributed by atoms with Gasteiger partial charge in [-0.15, -0.1) is 11.3 Å². The van der Waals surface area contributed by atoms with Crippen LogP contribution in [0, 0.1) is 10.1 Å². The zero-order chi connectivity index (χ0) is 20.7. The van der Waals surface area contributed by atoms with Crippen molar-refractivity contribution in [1.29, 1.82) is 0 Å². The van der Waals surface area contributed by atoms with Gasteiger partial charge in [0.15, 0.2) is 6.61 Å². The second-order valence-electron chi connectivity index (χ2n) is 5.21. The number of amides is 1. The van der Waals surface area contributed by atoms with Crippen LogP contribution in [0.25, 0.3) is 0 Å². The number of benzene rings is 1. The summed E-state index contributed by atoms with van der Waals surface area (Å²) in [4.78, 5) is 33.7. The lowest BCUT2D eigenvalue weighted by molar-refractivity contribution is -0.383. The van der Waals surface area contributed by atoms with Gasteiger partial charge in [0, 0.05) is 17.6 Å². The van der Waals surface area contributed by atoms with E-state index >= 15 is 0 Å². The number of sulfonamides is 1. The Hall–Kier alpha value is -2.54. The van der Waals surface area contributed by atoms with Crippen molar-refractivity contribution in [2.24, 2.45) is 0 Å². The normalized spacial score (nSPS) is 11.0. The summed E-state index contributed by atoms with van der Waals surface area (Å²) in [5.74, 6) is -1.60. The van der Waals surface area contributed by atoms with Crippen LogP contribution in [-0.4, -0.2) is 38.4 Å². The molecule has 2 aromatic rings. The number of nitro groups is 1. The number of hydrogen-bond donors (Lipinski definition) is 2. The number of halogens is 1. The maximum atomic E-state index is 11.9. The van der Waals surface area contributed by atoms with Crippen molar-refractivity contribution in [3.63, 3.8) is 0 Å². The Morgan fingerprint density at radius 1 is 1.29 bits per heavy atom. The number of carbonyl (C=O) groups excluding carboxylic acids is 2. The fourth-order valence-electron chi connectivity index (χ4n) is 1.94. The zero-order valence-corrected chi connectivity index (χ0v) is 16.5. The molecule has 0 aliphatic heterocycles. The molecular formula is C15H14ClN3O7S2. The lowest BCUT2D eigenvalue weighted by Crippen LogP contribution is -2.27. The van der Waals surface area contributed by atoms with E-state index in [1.54, 1.807) is 11.4 Å². The van der Waals surface area contributed by atoms with Crippen molar-refractivity contribution in [3.05, 3.63) is 50.8 Å². The molecule has 0 unspecified atom stereocenters. The highest BCUT2D eigenvalue weighted by molar-refractivity contribution is 7.91. The minimum Gasteiger partial charge on any atom is -0.456 e. The molecule has 0 saturated heterocycles. The van der Waals surface area contributed by atoms with Crippen LogP contribution in [0.4, 0.5) is 11.4 Å². The second-order valence-corrected chi connectivity index (χ2v) is 8.59. The number of carbonyl (C=O) groups is 2. The molecule has 150 valence electrons. The van der Waals surface area contributed by atoms with Gasteiger partial charge in [0.2, 0.25) is 10.0 Å². The highest BCUT2D eigenvalue weighted by Crippen LogP contribution is 2.27. The Morgan fingerprint density at radius 3 is 2.68 bits per heavy atom. The summed E-state index contributed by atoms with van der Waals surface area (Å²) in [7, 11) is -3.69. The molecule has 2 rings (SSSR count). The van der Waals surface area contributed by atoms with Gasteiger partial charge in [-0.3, -0.25) is 19.7 Å². The number of hydrogen-bond acceptors (Lipinski definition) is 8. The van der Waals surface area contributed by atoms with Gasteiger partial charge in [0.05, 0.1) is 11.3 Å². The molecule has 1 amide bonds. The van der Waals surface area contributed by atoms with E-state index in [9.17, 15) is 28.1 Å².